The van der Waals surface area contributed by atoms with Crippen molar-refractivity contribution in [3.8, 4) is 5.69 Å². The number of guanidine groups is 1. The molecule has 0 atom stereocenters. The van der Waals surface area contributed by atoms with Gasteiger partial charge in [0.25, 0.3) is 0 Å². The molecule has 0 aliphatic carbocycles. The van der Waals surface area contributed by atoms with E-state index in [4.69, 9.17) is 5.73 Å². The lowest BCUT2D eigenvalue weighted by atomic mass is 10.2. The monoisotopic (exact) mass is 419 g/mol. The highest BCUT2D eigenvalue weighted by atomic mass is 127. The van der Waals surface area contributed by atoms with E-state index in [0.29, 0.717) is 12.5 Å². The second-order valence-corrected chi connectivity index (χ2v) is 4.79. The van der Waals surface area contributed by atoms with Crippen molar-refractivity contribution in [2.45, 2.75) is 6.54 Å². The molecular weight excluding hydrogens is 401 g/mol. The fourth-order valence-electron chi connectivity index (χ4n) is 2.18. The fraction of sp³-hybridized carbons (Fsp3) is 0.0588. The Kier molecular flexibility index (Phi) is 6.16. The summed E-state index contributed by atoms with van der Waals surface area (Å²) in [5, 5.41) is 3.07. The van der Waals surface area contributed by atoms with E-state index in [1.807, 2.05) is 65.4 Å². The molecule has 0 unspecified atom stereocenters. The smallest absolute Gasteiger partial charge is 0.193 e. The van der Waals surface area contributed by atoms with Crippen molar-refractivity contribution in [2.24, 2.45) is 10.7 Å². The van der Waals surface area contributed by atoms with Gasteiger partial charge in [0.05, 0.1) is 18.6 Å². The van der Waals surface area contributed by atoms with Crippen LogP contribution in [-0.4, -0.2) is 15.5 Å². The van der Waals surface area contributed by atoms with Crippen LogP contribution in [0.5, 0.6) is 0 Å². The maximum Gasteiger partial charge on any atom is 0.193 e. The predicted molar refractivity (Wildman–Crippen MR) is 104 cm³/mol. The number of nitrogens with zero attached hydrogens (tertiary/aromatic N) is 3. The molecule has 3 N–H and O–H groups in total. The number of aliphatic imine (C=N–C) groups is 1. The van der Waals surface area contributed by atoms with Crippen LogP contribution in [0, 0.1) is 0 Å². The molecule has 1 aromatic heterocycles. The van der Waals surface area contributed by atoms with Crippen molar-refractivity contribution in [3.05, 3.63) is 78.9 Å². The van der Waals surface area contributed by atoms with E-state index in [0.717, 1.165) is 16.9 Å². The molecule has 3 rings (SSSR count). The van der Waals surface area contributed by atoms with E-state index >= 15 is 0 Å². The maximum atomic E-state index is 5.94. The Bertz CT molecular complexity index is 754. The molecule has 2 aromatic carbocycles. The van der Waals surface area contributed by atoms with Crippen LogP contribution >= 0.6 is 24.0 Å². The van der Waals surface area contributed by atoms with E-state index in [9.17, 15) is 0 Å². The lowest BCUT2D eigenvalue weighted by Gasteiger charge is -2.09. The summed E-state index contributed by atoms with van der Waals surface area (Å²) in [6.45, 7) is 0.500. The zero-order valence-electron chi connectivity index (χ0n) is 12.5. The number of nitrogens with one attached hydrogen (secondary N) is 1. The lowest BCUT2D eigenvalue weighted by Crippen LogP contribution is -2.22. The molecule has 3 aromatic rings. The third-order valence-electron chi connectivity index (χ3n) is 3.24. The van der Waals surface area contributed by atoms with Crippen LogP contribution < -0.4 is 11.1 Å². The quantitative estimate of drug-likeness (QED) is 0.387. The molecule has 0 radical (unpaired) electrons. The molecule has 23 heavy (non-hydrogen) atoms. The van der Waals surface area contributed by atoms with Gasteiger partial charge in [-0.15, -0.1) is 24.0 Å². The number of rotatable bonds is 4. The number of halogens is 1. The molecule has 118 valence electrons. The van der Waals surface area contributed by atoms with Gasteiger partial charge in [-0.1, -0.05) is 36.4 Å². The van der Waals surface area contributed by atoms with Gasteiger partial charge in [-0.05, 0) is 23.8 Å². The summed E-state index contributed by atoms with van der Waals surface area (Å²) < 4.78 is 1.96. The van der Waals surface area contributed by atoms with E-state index in [1.54, 1.807) is 12.5 Å². The summed E-state index contributed by atoms with van der Waals surface area (Å²) in [6.07, 6.45) is 5.44. The van der Waals surface area contributed by atoms with Gasteiger partial charge in [-0.2, -0.15) is 0 Å². The maximum absolute atomic E-state index is 5.94. The summed E-state index contributed by atoms with van der Waals surface area (Å²) in [6, 6.07) is 17.8. The molecule has 0 saturated carbocycles. The third-order valence-corrected chi connectivity index (χ3v) is 3.24. The third kappa shape index (κ3) is 4.56. The molecule has 0 saturated heterocycles. The minimum atomic E-state index is 0. The topological polar surface area (TPSA) is 68.2 Å². The number of imidazole rings is 1. The van der Waals surface area contributed by atoms with Crippen molar-refractivity contribution < 1.29 is 0 Å². The zero-order valence-corrected chi connectivity index (χ0v) is 14.8. The predicted octanol–water partition coefficient (Wildman–Crippen LogP) is 3.42. The van der Waals surface area contributed by atoms with Gasteiger partial charge in [0.2, 0.25) is 0 Å². The molecule has 0 amide bonds. The molecule has 6 heteroatoms. The van der Waals surface area contributed by atoms with Crippen molar-refractivity contribution in [1.82, 2.24) is 9.55 Å². The molecule has 0 spiro atoms. The van der Waals surface area contributed by atoms with Gasteiger partial charge >= 0.3 is 0 Å². The Morgan fingerprint density at radius 1 is 1.09 bits per heavy atom. The number of aromatic nitrogens is 2. The first-order chi connectivity index (χ1) is 10.8. The van der Waals surface area contributed by atoms with Crippen molar-refractivity contribution in [2.75, 3.05) is 5.32 Å². The number of benzene rings is 2. The first-order valence-corrected chi connectivity index (χ1v) is 7.01. The van der Waals surface area contributed by atoms with Crippen LogP contribution in [0.1, 0.15) is 5.56 Å². The van der Waals surface area contributed by atoms with Crippen molar-refractivity contribution >= 4 is 35.6 Å². The summed E-state index contributed by atoms with van der Waals surface area (Å²) >= 11 is 0. The van der Waals surface area contributed by atoms with Gasteiger partial charge in [0.15, 0.2) is 5.96 Å². The highest BCUT2D eigenvalue weighted by Crippen LogP contribution is 2.15. The Morgan fingerprint density at radius 3 is 2.57 bits per heavy atom. The zero-order chi connectivity index (χ0) is 15.2. The Hall–Kier alpha value is -2.35. The second kappa shape index (κ2) is 8.33. The molecule has 5 nitrogen and oxygen atoms in total. The van der Waals surface area contributed by atoms with Crippen LogP contribution in [0.4, 0.5) is 5.69 Å². The summed E-state index contributed by atoms with van der Waals surface area (Å²) in [7, 11) is 0. The Morgan fingerprint density at radius 2 is 1.83 bits per heavy atom. The first-order valence-electron chi connectivity index (χ1n) is 7.01. The van der Waals surface area contributed by atoms with Crippen LogP contribution in [0.3, 0.4) is 0 Å². The number of hydrogen-bond acceptors (Lipinski definition) is 2. The number of hydrogen-bond donors (Lipinski definition) is 2. The summed E-state index contributed by atoms with van der Waals surface area (Å²) in [5.74, 6) is 0.395. The van der Waals surface area contributed by atoms with Gasteiger partial charge in [0, 0.05) is 18.1 Å². The molecule has 1 heterocycles. The Labute approximate surface area is 152 Å². The first kappa shape index (κ1) is 17.0. The highest BCUT2D eigenvalue weighted by Gasteiger charge is 2.03. The van der Waals surface area contributed by atoms with Crippen LogP contribution in [0.25, 0.3) is 5.69 Å². The molecular formula is C17H18IN5. The van der Waals surface area contributed by atoms with Gasteiger partial charge < -0.3 is 15.6 Å². The van der Waals surface area contributed by atoms with E-state index < -0.39 is 0 Å². The molecule has 0 bridgehead atoms. The number of anilines is 1. The second-order valence-electron chi connectivity index (χ2n) is 4.79. The van der Waals surface area contributed by atoms with Crippen LogP contribution in [0.15, 0.2) is 78.3 Å². The SMILES string of the molecule is I.NC(=NCc1ccccc1-n1ccnc1)Nc1ccccc1. The minimum absolute atomic E-state index is 0. The average molecular weight is 419 g/mol. The van der Waals surface area contributed by atoms with Crippen LogP contribution in [0.2, 0.25) is 0 Å². The fourth-order valence-corrected chi connectivity index (χ4v) is 2.18. The number of nitrogens with two attached hydrogens (primary N) is 1. The largest absolute Gasteiger partial charge is 0.370 e. The standard InChI is InChI=1S/C17H17N5.HI/c18-17(21-15-7-2-1-3-8-15)20-12-14-6-4-5-9-16(14)22-11-10-19-13-22;/h1-11,13H,12H2,(H3,18,20,21);1H. The van der Waals surface area contributed by atoms with Gasteiger partial charge in [-0.3, -0.25) is 0 Å². The molecule has 0 aliphatic heterocycles. The van der Waals surface area contributed by atoms with E-state index in [-0.39, 0.29) is 24.0 Å². The van der Waals surface area contributed by atoms with Crippen molar-refractivity contribution in [3.63, 3.8) is 0 Å². The van der Waals surface area contributed by atoms with Crippen molar-refractivity contribution in [1.29, 1.82) is 0 Å². The number of para-hydroxylation sites is 2. The summed E-state index contributed by atoms with van der Waals surface area (Å²) in [5.41, 5.74) is 9.00. The molecule has 0 aliphatic rings. The minimum Gasteiger partial charge on any atom is -0.370 e. The normalized spacial score (nSPS) is 10.9. The molecule has 0 fully saturated rings. The van der Waals surface area contributed by atoms with E-state index in [1.165, 1.54) is 0 Å². The highest BCUT2D eigenvalue weighted by molar-refractivity contribution is 14.0. The van der Waals surface area contributed by atoms with E-state index in [2.05, 4.69) is 15.3 Å². The average Bonchev–Trinajstić information content (AvgIpc) is 3.08. The van der Waals surface area contributed by atoms with Gasteiger partial charge in [-0.25, -0.2) is 9.98 Å². The Balaban J connectivity index is 0.00000192. The summed E-state index contributed by atoms with van der Waals surface area (Å²) in [4.78, 5) is 8.49. The van der Waals surface area contributed by atoms with Crippen LogP contribution in [-0.2, 0) is 6.54 Å². The van der Waals surface area contributed by atoms with Gasteiger partial charge in [0.1, 0.15) is 0 Å². The lowest BCUT2D eigenvalue weighted by molar-refractivity contribution is 0.980.